The molecular formula is C22H22N4O3S. The zero-order chi connectivity index (χ0) is 20.7. The Bertz CT molecular complexity index is 1210. The van der Waals surface area contributed by atoms with Gasteiger partial charge in [-0.05, 0) is 41.9 Å². The molecule has 1 fully saturated rings. The van der Waals surface area contributed by atoms with Crippen LogP contribution in [0.25, 0.3) is 21.0 Å². The largest absolute Gasteiger partial charge is 0.497 e. The van der Waals surface area contributed by atoms with Crippen LogP contribution < -0.4 is 9.64 Å². The first kappa shape index (κ1) is 18.9. The van der Waals surface area contributed by atoms with Crippen molar-refractivity contribution in [2.75, 3.05) is 38.2 Å². The molecule has 30 heavy (non-hydrogen) atoms. The van der Waals surface area contributed by atoms with Crippen molar-refractivity contribution in [3.63, 3.8) is 0 Å². The fourth-order valence-corrected chi connectivity index (χ4v) is 5.05. The molecule has 0 aliphatic carbocycles. The number of H-pyrrole nitrogens is 1. The van der Waals surface area contributed by atoms with E-state index in [-0.39, 0.29) is 0 Å². The van der Waals surface area contributed by atoms with E-state index in [4.69, 9.17) is 4.74 Å². The number of nitrogens with zero attached hydrogens (tertiary/aromatic N) is 3. The molecule has 1 saturated heterocycles. The third-order valence-electron chi connectivity index (χ3n) is 5.79. The summed E-state index contributed by atoms with van der Waals surface area (Å²) < 4.78 is 11.2. The van der Waals surface area contributed by atoms with Gasteiger partial charge in [-0.1, -0.05) is 12.1 Å². The number of carboxylic acids is 1. The lowest BCUT2D eigenvalue weighted by Gasteiger charge is -2.38. The van der Waals surface area contributed by atoms with Crippen molar-refractivity contribution >= 4 is 44.3 Å². The second-order valence-electron chi connectivity index (χ2n) is 7.42. The molecule has 0 amide bonds. The number of carbonyl (C=O) groups is 1. The summed E-state index contributed by atoms with van der Waals surface area (Å²) in [7, 11) is 1.61. The van der Waals surface area contributed by atoms with Gasteiger partial charge in [0.05, 0.1) is 11.8 Å². The molecule has 4 aromatic rings. The van der Waals surface area contributed by atoms with Crippen LogP contribution in [0.1, 0.15) is 11.6 Å². The van der Waals surface area contributed by atoms with Gasteiger partial charge in [0.1, 0.15) is 17.6 Å². The molecule has 8 heteroatoms. The lowest BCUT2D eigenvalue weighted by atomic mass is 10.0. The van der Waals surface area contributed by atoms with E-state index >= 15 is 0 Å². The minimum atomic E-state index is -0.841. The highest BCUT2D eigenvalue weighted by atomic mass is 32.1. The molecule has 7 nitrogen and oxygen atoms in total. The Morgan fingerprint density at radius 2 is 1.97 bits per heavy atom. The Hall–Kier alpha value is -3.10. The molecule has 1 atom stereocenters. The molecule has 5 rings (SSSR count). The summed E-state index contributed by atoms with van der Waals surface area (Å²) in [6.45, 7) is 2.78. The molecule has 1 aliphatic heterocycles. The molecule has 2 aromatic heterocycles. The van der Waals surface area contributed by atoms with Gasteiger partial charge in [0.15, 0.2) is 0 Å². The molecule has 2 aromatic carbocycles. The third-order valence-corrected chi connectivity index (χ3v) is 6.60. The van der Waals surface area contributed by atoms with Crippen molar-refractivity contribution in [3.05, 3.63) is 54.2 Å². The first-order valence-electron chi connectivity index (χ1n) is 9.87. The number of aromatic amines is 1. The number of piperazine rings is 1. The second-order valence-corrected chi connectivity index (χ2v) is 8.23. The van der Waals surface area contributed by atoms with E-state index < -0.39 is 12.0 Å². The fraction of sp³-hybridized carbons (Fsp3) is 0.273. The van der Waals surface area contributed by atoms with Gasteiger partial charge in [0, 0.05) is 54.2 Å². The Morgan fingerprint density at radius 1 is 1.17 bits per heavy atom. The lowest BCUT2D eigenvalue weighted by molar-refractivity contribution is -0.143. The van der Waals surface area contributed by atoms with E-state index in [9.17, 15) is 9.90 Å². The molecule has 0 bridgehead atoms. The zero-order valence-electron chi connectivity index (χ0n) is 16.5. The number of nitrogens with one attached hydrogen (secondary N) is 1. The Labute approximate surface area is 177 Å². The number of ether oxygens (including phenoxy) is 1. The predicted octanol–water partition coefficient (Wildman–Crippen LogP) is 3.73. The van der Waals surface area contributed by atoms with Gasteiger partial charge in [0.25, 0.3) is 0 Å². The van der Waals surface area contributed by atoms with Crippen molar-refractivity contribution in [2.24, 2.45) is 0 Å². The van der Waals surface area contributed by atoms with Crippen LogP contribution in [0.5, 0.6) is 5.75 Å². The number of aliphatic carboxylic acids is 1. The van der Waals surface area contributed by atoms with E-state index in [0.717, 1.165) is 40.8 Å². The quantitative estimate of drug-likeness (QED) is 0.510. The molecule has 3 heterocycles. The minimum absolute atomic E-state index is 0.652. The van der Waals surface area contributed by atoms with Crippen molar-refractivity contribution < 1.29 is 14.6 Å². The zero-order valence-corrected chi connectivity index (χ0v) is 17.4. The Kier molecular flexibility index (Phi) is 4.80. The highest BCUT2D eigenvalue weighted by molar-refractivity contribution is 7.13. The van der Waals surface area contributed by atoms with Crippen molar-refractivity contribution in [3.8, 4) is 5.75 Å². The number of anilines is 1. The van der Waals surface area contributed by atoms with Crippen LogP contribution >= 0.6 is 11.5 Å². The maximum absolute atomic E-state index is 12.3. The molecule has 1 unspecified atom stereocenters. The van der Waals surface area contributed by atoms with Crippen molar-refractivity contribution in [1.29, 1.82) is 0 Å². The molecule has 0 spiro atoms. The monoisotopic (exact) mass is 422 g/mol. The SMILES string of the molecule is COc1ccc2[nH]cc(C(C(=O)O)N3CCN(c4nsc5ccccc45)CC3)c2c1. The summed E-state index contributed by atoms with van der Waals surface area (Å²) in [5, 5.41) is 12.1. The number of benzene rings is 2. The topological polar surface area (TPSA) is 81.7 Å². The average molecular weight is 423 g/mol. The van der Waals surface area contributed by atoms with Gasteiger partial charge in [-0.2, -0.15) is 4.37 Å². The van der Waals surface area contributed by atoms with Gasteiger partial charge < -0.3 is 19.7 Å². The number of fused-ring (bicyclic) bond motifs is 2. The van der Waals surface area contributed by atoms with E-state index in [2.05, 4.69) is 26.4 Å². The van der Waals surface area contributed by atoms with Gasteiger partial charge in [-0.15, -0.1) is 0 Å². The van der Waals surface area contributed by atoms with Crippen LogP contribution in [0.2, 0.25) is 0 Å². The van der Waals surface area contributed by atoms with Gasteiger partial charge in [-0.3, -0.25) is 9.69 Å². The maximum atomic E-state index is 12.3. The van der Waals surface area contributed by atoms with E-state index in [1.54, 1.807) is 7.11 Å². The highest BCUT2D eigenvalue weighted by Gasteiger charge is 2.33. The molecule has 0 radical (unpaired) electrons. The first-order valence-corrected chi connectivity index (χ1v) is 10.6. The molecule has 154 valence electrons. The summed E-state index contributed by atoms with van der Waals surface area (Å²) in [6.07, 6.45) is 1.81. The number of carboxylic acid groups (broad SMARTS) is 1. The predicted molar refractivity (Wildman–Crippen MR) is 119 cm³/mol. The van der Waals surface area contributed by atoms with Crippen LogP contribution in [0, 0.1) is 0 Å². The number of hydrogen-bond acceptors (Lipinski definition) is 6. The standard InChI is InChI=1S/C22H22N4O3S/c1-29-14-6-7-18-16(12-14)17(13-23-18)20(22(27)28)25-8-10-26(11-9-25)21-15-4-2-3-5-19(15)30-24-21/h2-7,12-13,20,23H,8-11H2,1H3,(H,27,28). The van der Waals surface area contributed by atoms with Crippen molar-refractivity contribution in [1.82, 2.24) is 14.3 Å². The van der Waals surface area contributed by atoms with E-state index in [1.807, 2.05) is 41.4 Å². The van der Waals surface area contributed by atoms with E-state index in [1.165, 1.54) is 16.2 Å². The average Bonchev–Trinajstić information content (AvgIpc) is 3.38. The number of hydrogen-bond donors (Lipinski definition) is 2. The highest BCUT2D eigenvalue weighted by Crippen LogP contribution is 2.34. The summed E-state index contributed by atoms with van der Waals surface area (Å²) in [4.78, 5) is 19.8. The second kappa shape index (κ2) is 7.62. The van der Waals surface area contributed by atoms with Crippen LogP contribution in [0.4, 0.5) is 5.82 Å². The van der Waals surface area contributed by atoms with Gasteiger partial charge >= 0.3 is 5.97 Å². The van der Waals surface area contributed by atoms with E-state index in [0.29, 0.717) is 18.8 Å². The molecular weight excluding hydrogens is 400 g/mol. The minimum Gasteiger partial charge on any atom is -0.497 e. The lowest BCUT2D eigenvalue weighted by Crippen LogP contribution is -2.49. The molecule has 1 aliphatic rings. The molecule has 0 saturated carbocycles. The van der Waals surface area contributed by atoms with Crippen LogP contribution in [0.15, 0.2) is 48.7 Å². The summed E-state index contributed by atoms with van der Waals surface area (Å²) in [6, 6.07) is 13.2. The summed E-state index contributed by atoms with van der Waals surface area (Å²) in [5.74, 6) is 0.873. The van der Waals surface area contributed by atoms with Gasteiger partial charge in [0.2, 0.25) is 0 Å². The van der Waals surface area contributed by atoms with Crippen LogP contribution in [-0.4, -0.2) is 58.6 Å². The summed E-state index contributed by atoms with van der Waals surface area (Å²) >= 11 is 1.51. The van der Waals surface area contributed by atoms with Crippen molar-refractivity contribution in [2.45, 2.75) is 6.04 Å². The van der Waals surface area contributed by atoms with Gasteiger partial charge in [-0.25, -0.2) is 0 Å². The number of methoxy groups -OCH3 is 1. The Balaban J connectivity index is 1.40. The maximum Gasteiger partial charge on any atom is 0.325 e. The first-order chi connectivity index (χ1) is 14.7. The fourth-order valence-electron chi connectivity index (χ4n) is 4.25. The smallest absolute Gasteiger partial charge is 0.325 e. The number of aromatic nitrogens is 2. The number of rotatable bonds is 5. The molecule has 2 N–H and O–H groups in total. The summed E-state index contributed by atoms with van der Waals surface area (Å²) in [5.41, 5.74) is 1.67. The Morgan fingerprint density at radius 3 is 2.73 bits per heavy atom. The van der Waals surface area contributed by atoms with Crippen LogP contribution in [0.3, 0.4) is 0 Å². The van der Waals surface area contributed by atoms with Crippen LogP contribution in [-0.2, 0) is 4.79 Å². The third kappa shape index (κ3) is 3.18. The normalized spacial score (nSPS) is 16.2.